The molecule has 384 valence electrons. The normalized spacial score (nSPS) is 25.1. The zero-order valence-electron chi connectivity index (χ0n) is 41.6. The SMILES string of the molecule is CCC(C)[C@@H]1NC(=O)[C@H](Cc2ccc(O)cc2)N(C)C(=O)[C@H](Cc2ccccc2)N2C(=O)C(CC[C@@H]2O)NC(=O)[C@H](CC(C)C)NC(=O)[C@@H](NC(=O)[C@H](CCC(N)=O)CC(=O)CC(C)C)[C@H](C)OC1=O. The highest BCUT2D eigenvalue weighted by Gasteiger charge is 2.46. The molecule has 2 bridgehead atoms. The monoisotopic (exact) mass is 976 g/mol. The molecule has 4 rings (SSSR count). The third kappa shape index (κ3) is 15.8. The number of amides is 7. The number of ether oxygens (including phenoxy) is 1. The van der Waals surface area contributed by atoms with Gasteiger partial charge in [-0.2, -0.15) is 0 Å². The molecule has 0 saturated carbocycles. The highest BCUT2D eigenvalue weighted by molar-refractivity contribution is 5.98. The predicted octanol–water partition coefficient (Wildman–Crippen LogP) is 2.18. The van der Waals surface area contributed by atoms with Crippen molar-refractivity contribution < 1.29 is 58.1 Å². The van der Waals surface area contributed by atoms with E-state index in [4.69, 9.17) is 10.5 Å². The standard InChI is InChI=1S/C51H73N7O12/c1-9-30(6)43-51(69)70-31(7)44(56-45(63)34(17-21-41(52)61)27-36(60)23-28(2)3)48(66)54-38(24-29(4)5)46(64)53-37-20-22-42(62)58(49(37)67)40(26-32-13-11-10-12-14-32)50(68)57(8)39(47(65)55-43)25-33-15-18-35(59)19-16-33/h10-16,18-19,28-31,34,37-40,42-44,59,62H,9,17,20-27H2,1-8H3,(H2,52,61)(H,53,64)(H,54,66)(H,55,65)(H,56,63)/t30?,31-,34+,37?,38-,39-,40-,42-,43-,44-/m0/s1. The van der Waals surface area contributed by atoms with E-state index in [1.807, 2.05) is 13.8 Å². The zero-order valence-corrected chi connectivity index (χ0v) is 41.6. The first kappa shape index (κ1) is 56.2. The maximum absolute atomic E-state index is 15.1. The van der Waals surface area contributed by atoms with Crippen molar-refractivity contribution in [2.45, 2.75) is 161 Å². The van der Waals surface area contributed by atoms with Gasteiger partial charge in [0.05, 0.1) is 0 Å². The fourth-order valence-electron chi connectivity index (χ4n) is 8.79. The largest absolute Gasteiger partial charge is 0.508 e. The number of nitrogens with two attached hydrogens (primary N) is 1. The number of aliphatic hydroxyl groups is 1. The molecule has 19 nitrogen and oxygen atoms in total. The number of esters is 1. The van der Waals surface area contributed by atoms with E-state index in [9.17, 15) is 48.6 Å². The summed E-state index contributed by atoms with van der Waals surface area (Å²) in [4.78, 5) is 129. The van der Waals surface area contributed by atoms with Gasteiger partial charge in [-0.3, -0.25) is 38.4 Å². The topological polar surface area (TPSA) is 284 Å². The van der Waals surface area contributed by atoms with Crippen LogP contribution in [0.4, 0.5) is 0 Å². The van der Waals surface area contributed by atoms with Gasteiger partial charge in [0.15, 0.2) is 0 Å². The van der Waals surface area contributed by atoms with Crippen LogP contribution in [0.25, 0.3) is 0 Å². The molecule has 0 aromatic heterocycles. The number of cyclic esters (lactones) is 1. The number of carbonyl (C=O) groups excluding carboxylic acids is 9. The average Bonchev–Trinajstić information content (AvgIpc) is 3.29. The van der Waals surface area contributed by atoms with Gasteiger partial charge in [-0.1, -0.05) is 90.4 Å². The number of phenols is 1. The summed E-state index contributed by atoms with van der Waals surface area (Å²) in [5.74, 6) is -8.91. The van der Waals surface area contributed by atoms with Gasteiger partial charge < -0.3 is 51.8 Å². The number of fused-ring (bicyclic) bond motifs is 2. The van der Waals surface area contributed by atoms with Crippen molar-refractivity contribution in [1.29, 1.82) is 0 Å². The lowest BCUT2D eigenvalue weighted by Gasteiger charge is -2.43. The van der Waals surface area contributed by atoms with Crippen LogP contribution in [0, 0.1) is 23.7 Å². The van der Waals surface area contributed by atoms with Gasteiger partial charge in [0.2, 0.25) is 41.4 Å². The second kappa shape index (κ2) is 26.0. The van der Waals surface area contributed by atoms with E-state index in [0.29, 0.717) is 17.5 Å². The van der Waals surface area contributed by atoms with Crippen LogP contribution in [0.3, 0.4) is 0 Å². The van der Waals surface area contributed by atoms with E-state index in [0.717, 1.165) is 9.80 Å². The molecule has 10 atom stereocenters. The van der Waals surface area contributed by atoms with E-state index in [1.165, 1.54) is 26.1 Å². The van der Waals surface area contributed by atoms with Crippen LogP contribution in [-0.4, -0.2) is 129 Å². The number of nitrogens with one attached hydrogen (secondary N) is 4. The third-order valence-electron chi connectivity index (χ3n) is 13.0. The molecule has 2 fully saturated rings. The Morgan fingerprint density at radius 3 is 2.03 bits per heavy atom. The number of likely N-dealkylation sites (N-methyl/N-ethyl adjacent to an activating group) is 1. The van der Waals surface area contributed by atoms with E-state index >= 15 is 4.79 Å². The number of rotatable bonds is 17. The first-order valence-electron chi connectivity index (χ1n) is 24.3. The van der Waals surface area contributed by atoms with Crippen LogP contribution < -0.4 is 27.0 Å². The van der Waals surface area contributed by atoms with Crippen molar-refractivity contribution in [2.75, 3.05) is 7.05 Å². The fraction of sp³-hybridized carbons (Fsp3) is 0.588. The first-order valence-corrected chi connectivity index (χ1v) is 24.3. The molecule has 2 aromatic carbocycles. The fourth-order valence-corrected chi connectivity index (χ4v) is 8.79. The molecule has 19 heteroatoms. The van der Waals surface area contributed by atoms with E-state index in [2.05, 4.69) is 21.3 Å². The first-order chi connectivity index (χ1) is 33.0. The van der Waals surface area contributed by atoms with Crippen molar-refractivity contribution in [3.63, 3.8) is 0 Å². The number of hydrogen-bond donors (Lipinski definition) is 7. The van der Waals surface area contributed by atoms with Crippen LogP contribution in [0.15, 0.2) is 54.6 Å². The molecule has 70 heavy (non-hydrogen) atoms. The van der Waals surface area contributed by atoms with Gasteiger partial charge in [-0.25, -0.2) is 4.79 Å². The minimum absolute atomic E-state index is 0.0368. The molecule has 2 saturated heterocycles. The van der Waals surface area contributed by atoms with Crippen LogP contribution in [0.1, 0.15) is 111 Å². The Bertz CT molecular complexity index is 2170. The van der Waals surface area contributed by atoms with Gasteiger partial charge >= 0.3 is 5.97 Å². The number of hydrogen-bond acceptors (Lipinski definition) is 12. The molecule has 2 unspecified atom stereocenters. The summed E-state index contributed by atoms with van der Waals surface area (Å²) in [5, 5.41) is 32.5. The Hall–Kier alpha value is -6.37. The molecular formula is C51H73N7O12. The van der Waals surface area contributed by atoms with Gasteiger partial charge in [0.1, 0.15) is 60.1 Å². The molecule has 2 aliphatic heterocycles. The second-order valence-electron chi connectivity index (χ2n) is 19.6. The van der Waals surface area contributed by atoms with Gasteiger partial charge in [0.25, 0.3) is 0 Å². The number of ketones is 1. The second-order valence-corrected chi connectivity index (χ2v) is 19.6. The summed E-state index contributed by atoms with van der Waals surface area (Å²) in [7, 11) is 1.38. The van der Waals surface area contributed by atoms with Crippen LogP contribution in [0.2, 0.25) is 0 Å². The molecule has 0 spiro atoms. The summed E-state index contributed by atoms with van der Waals surface area (Å²) in [6.45, 7) is 12.1. The van der Waals surface area contributed by atoms with E-state index in [-0.39, 0.29) is 81.2 Å². The molecule has 0 aliphatic carbocycles. The molecule has 7 amide bonds. The number of primary amides is 1. The minimum atomic E-state index is -1.71. The van der Waals surface area contributed by atoms with Gasteiger partial charge in [-0.05, 0) is 73.6 Å². The quantitative estimate of drug-likeness (QED) is 0.112. The number of phenolic OH excluding ortho intramolecular Hbond substituents is 1. The van der Waals surface area contributed by atoms with Crippen molar-refractivity contribution in [3.8, 4) is 5.75 Å². The lowest BCUT2D eigenvalue weighted by Crippen LogP contribution is -2.65. The number of nitrogens with zero attached hydrogens (tertiary/aromatic N) is 2. The molecule has 8 N–H and O–H groups in total. The Balaban J connectivity index is 1.89. The van der Waals surface area contributed by atoms with Crippen LogP contribution in [-0.2, 0) is 60.7 Å². The smallest absolute Gasteiger partial charge is 0.329 e. The number of aromatic hydroxyl groups is 1. The number of aliphatic hydroxyl groups excluding tert-OH is 1. The number of carbonyl (C=O) groups is 9. The summed E-state index contributed by atoms with van der Waals surface area (Å²) < 4.78 is 5.96. The minimum Gasteiger partial charge on any atom is -0.508 e. The Morgan fingerprint density at radius 1 is 0.800 bits per heavy atom. The number of piperidine rings is 1. The Kier molecular flexibility index (Phi) is 20.9. The van der Waals surface area contributed by atoms with E-state index < -0.39 is 108 Å². The van der Waals surface area contributed by atoms with Crippen molar-refractivity contribution >= 4 is 53.1 Å². The highest BCUT2D eigenvalue weighted by atomic mass is 16.5. The Labute approximate surface area is 410 Å². The van der Waals surface area contributed by atoms with Gasteiger partial charge in [0, 0.05) is 45.1 Å². The molecule has 2 aliphatic rings. The van der Waals surface area contributed by atoms with Crippen molar-refractivity contribution in [1.82, 2.24) is 31.1 Å². The third-order valence-corrected chi connectivity index (χ3v) is 13.0. The predicted molar refractivity (Wildman–Crippen MR) is 258 cm³/mol. The average molecular weight is 976 g/mol. The van der Waals surface area contributed by atoms with Gasteiger partial charge in [-0.15, -0.1) is 0 Å². The summed E-state index contributed by atoms with van der Waals surface area (Å²) in [5.41, 5.74) is 6.57. The van der Waals surface area contributed by atoms with E-state index in [1.54, 1.807) is 70.2 Å². The van der Waals surface area contributed by atoms with Crippen LogP contribution >= 0.6 is 0 Å². The van der Waals surface area contributed by atoms with Crippen molar-refractivity contribution in [2.24, 2.45) is 29.4 Å². The number of Topliss-reactive ketones (excluding diaryl/α,β-unsaturated/α-hetero) is 1. The molecule has 2 heterocycles. The van der Waals surface area contributed by atoms with Crippen molar-refractivity contribution in [3.05, 3.63) is 65.7 Å². The maximum atomic E-state index is 15.1. The summed E-state index contributed by atoms with van der Waals surface area (Å²) in [6.07, 6.45) is -3.47. The molecule has 0 radical (unpaired) electrons. The maximum Gasteiger partial charge on any atom is 0.329 e. The lowest BCUT2D eigenvalue weighted by molar-refractivity contribution is -0.165. The molecular weight excluding hydrogens is 903 g/mol. The lowest BCUT2D eigenvalue weighted by atomic mass is 9.92. The van der Waals surface area contributed by atoms with Crippen LogP contribution in [0.5, 0.6) is 5.75 Å². The summed E-state index contributed by atoms with van der Waals surface area (Å²) in [6, 6.07) is 6.22. The number of benzene rings is 2. The molecule has 2 aromatic rings. The summed E-state index contributed by atoms with van der Waals surface area (Å²) >= 11 is 0. The highest BCUT2D eigenvalue weighted by Crippen LogP contribution is 2.26. The zero-order chi connectivity index (χ0) is 52.0. The Morgan fingerprint density at radius 2 is 1.43 bits per heavy atom.